The molecule has 1 aromatic carbocycles. The van der Waals surface area contributed by atoms with Crippen molar-refractivity contribution in [3.8, 4) is 22.9 Å². The standard InChI is InChI=1S/C19H16N2O3/c1-23-18-10-16(12-22)17(11-21-18)24-13-15-8-5-9-20-19(15)14-6-3-2-4-7-14/h2-12H,13H2,1H3. The summed E-state index contributed by atoms with van der Waals surface area (Å²) >= 11 is 0. The molecule has 0 saturated heterocycles. The molecule has 0 aliphatic carbocycles. The Morgan fingerprint density at radius 1 is 1.08 bits per heavy atom. The summed E-state index contributed by atoms with van der Waals surface area (Å²) < 4.78 is 10.8. The van der Waals surface area contributed by atoms with Gasteiger partial charge in [0.15, 0.2) is 6.29 Å². The van der Waals surface area contributed by atoms with Crippen LogP contribution in [-0.2, 0) is 6.61 Å². The lowest BCUT2D eigenvalue weighted by Gasteiger charge is -2.12. The number of rotatable bonds is 6. The zero-order valence-corrected chi connectivity index (χ0v) is 13.2. The molecule has 0 atom stereocenters. The Morgan fingerprint density at radius 3 is 2.67 bits per heavy atom. The number of aldehydes is 1. The van der Waals surface area contributed by atoms with Crippen LogP contribution >= 0.6 is 0 Å². The summed E-state index contributed by atoms with van der Waals surface area (Å²) in [6.07, 6.45) is 3.96. The van der Waals surface area contributed by atoms with E-state index in [4.69, 9.17) is 9.47 Å². The van der Waals surface area contributed by atoms with Crippen LogP contribution in [-0.4, -0.2) is 23.4 Å². The summed E-state index contributed by atoms with van der Waals surface area (Å²) in [6, 6.07) is 15.2. The predicted molar refractivity (Wildman–Crippen MR) is 90.2 cm³/mol. The van der Waals surface area contributed by atoms with Gasteiger partial charge in [-0.3, -0.25) is 9.78 Å². The van der Waals surface area contributed by atoms with Crippen LogP contribution in [0.4, 0.5) is 0 Å². The maximum atomic E-state index is 11.2. The monoisotopic (exact) mass is 320 g/mol. The molecule has 0 unspecified atom stereocenters. The molecule has 0 amide bonds. The van der Waals surface area contributed by atoms with Crippen LogP contribution in [0.3, 0.4) is 0 Å². The van der Waals surface area contributed by atoms with Crippen LogP contribution in [0.2, 0.25) is 0 Å². The van der Waals surface area contributed by atoms with E-state index in [0.29, 0.717) is 17.2 Å². The molecule has 3 aromatic rings. The Kier molecular flexibility index (Phi) is 4.81. The van der Waals surface area contributed by atoms with Crippen molar-refractivity contribution in [2.75, 3.05) is 7.11 Å². The van der Waals surface area contributed by atoms with Gasteiger partial charge in [0, 0.05) is 23.4 Å². The SMILES string of the molecule is COc1cc(C=O)c(OCc2cccnc2-c2ccccc2)cn1. The molecule has 0 fully saturated rings. The minimum atomic E-state index is 0.285. The van der Waals surface area contributed by atoms with Gasteiger partial charge in [0.2, 0.25) is 5.88 Å². The number of nitrogens with zero attached hydrogens (tertiary/aromatic N) is 2. The zero-order chi connectivity index (χ0) is 16.8. The first kappa shape index (κ1) is 15.7. The van der Waals surface area contributed by atoms with E-state index in [0.717, 1.165) is 23.1 Å². The highest BCUT2D eigenvalue weighted by Crippen LogP contribution is 2.24. The number of pyridine rings is 2. The highest BCUT2D eigenvalue weighted by atomic mass is 16.5. The Balaban J connectivity index is 1.85. The molecule has 0 bridgehead atoms. The first-order chi connectivity index (χ1) is 11.8. The topological polar surface area (TPSA) is 61.3 Å². The first-order valence-electron chi connectivity index (χ1n) is 7.43. The summed E-state index contributed by atoms with van der Waals surface area (Å²) in [6.45, 7) is 0.285. The average Bonchev–Trinajstić information content (AvgIpc) is 2.67. The predicted octanol–water partition coefficient (Wildman–Crippen LogP) is 3.54. The van der Waals surface area contributed by atoms with Gasteiger partial charge in [-0.25, -0.2) is 4.98 Å². The number of ether oxygens (including phenoxy) is 2. The Bertz CT molecular complexity index is 835. The van der Waals surface area contributed by atoms with Crippen molar-refractivity contribution in [3.63, 3.8) is 0 Å². The molecule has 3 rings (SSSR count). The highest BCUT2D eigenvalue weighted by Gasteiger charge is 2.10. The van der Waals surface area contributed by atoms with Gasteiger partial charge >= 0.3 is 0 Å². The molecule has 5 nitrogen and oxygen atoms in total. The second-order valence-electron chi connectivity index (χ2n) is 5.05. The summed E-state index contributed by atoms with van der Waals surface area (Å²) in [5.74, 6) is 0.782. The van der Waals surface area contributed by atoms with Gasteiger partial charge in [0.25, 0.3) is 0 Å². The smallest absolute Gasteiger partial charge is 0.213 e. The molecule has 0 spiro atoms. The lowest BCUT2D eigenvalue weighted by atomic mass is 10.1. The van der Waals surface area contributed by atoms with Gasteiger partial charge in [0.05, 0.1) is 24.6 Å². The van der Waals surface area contributed by atoms with Crippen molar-refractivity contribution >= 4 is 6.29 Å². The van der Waals surface area contributed by atoms with Crippen LogP contribution in [0, 0.1) is 0 Å². The number of hydrogen-bond acceptors (Lipinski definition) is 5. The lowest BCUT2D eigenvalue weighted by molar-refractivity contribution is 0.111. The molecular weight excluding hydrogens is 304 g/mol. The molecule has 120 valence electrons. The van der Waals surface area contributed by atoms with Crippen LogP contribution in [0.5, 0.6) is 11.6 Å². The molecule has 0 saturated carbocycles. The van der Waals surface area contributed by atoms with E-state index in [-0.39, 0.29) is 6.61 Å². The molecule has 0 N–H and O–H groups in total. The maximum Gasteiger partial charge on any atom is 0.213 e. The molecular formula is C19H16N2O3. The van der Waals surface area contributed by atoms with Crippen LogP contribution in [0.1, 0.15) is 15.9 Å². The van der Waals surface area contributed by atoms with Crippen molar-refractivity contribution in [3.05, 3.63) is 72.1 Å². The first-order valence-corrected chi connectivity index (χ1v) is 7.43. The molecule has 5 heteroatoms. The van der Waals surface area contributed by atoms with Crippen LogP contribution < -0.4 is 9.47 Å². The number of carbonyl (C=O) groups is 1. The van der Waals surface area contributed by atoms with Gasteiger partial charge in [-0.1, -0.05) is 36.4 Å². The van der Waals surface area contributed by atoms with Gasteiger partial charge < -0.3 is 9.47 Å². The van der Waals surface area contributed by atoms with Gasteiger partial charge in [-0.15, -0.1) is 0 Å². The third kappa shape index (κ3) is 3.41. The Morgan fingerprint density at radius 2 is 1.92 bits per heavy atom. The third-order valence-corrected chi connectivity index (χ3v) is 3.53. The number of hydrogen-bond donors (Lipinski definition) is 0. The minimum absolute atomic E-state index is 0.285. The number of benzene rings is 1. The van der Waals surface area contributed by atoms with Crippen LogP contribution in [0.25, 0.3) is 11.3 Å². The van der Waals surface area contributed by atoms with E-state index in [1.54, 1.807) is 12.3 Å². The van der Waals surface area contributed by atoms with E-state index in [1.807, 2.05) is 42.5 Å². The molecule has 24 heavy (non-hydrogen) atoms. The van der Waals surface area contributed by atoms with Crippen LogP contribution in [0.15, 0.2) is 60.9 Å². The fraction of sp³-hybridized carbons (Fsp3) is 0.105. The summed E-state index contributed by atoms with van der Waals surface area (Å²) in [5.41, 5.74) is 3.19. The van der Waals surface area contributed by atoms with Gasteiger partial charge in [0.1, 0.15) is 12.4 Å². The van der Waals surface area contributed by atoms with E-state index in [2.05, 4.69) is 9.97 Å². The van der Waals surface area contributed by atoms with Gasteiger partial charge in [-0.05, 0) is 6.07 Å². The van der Waals surface area contributed by atoms with Crippen molar-refractivity contribution in [2.24, 2.45) is 0 Å². The zero-order valence-electron chi connectivity index (χ0n) is 13.2. The van der Waals surface area contributed by atoms with Crippen molar-refractivity contribution in [1.82, 2.24) is 9.97 Å². The van der Waals surface area contributed by atoms with Crippen molar-refractivity contribution < 1.29 is 14.3 Å². The van der Waals surface area contributed by atoms with E-state index in [9.17, 15) is 4.79 Å². The Hall–Kier alpha value is -3.21. The molecule has 0 aliphatic heterocycles. The number of carbonyl (C=O) groups excluding carboxylic acids is 1. The minimum Gasteiger partial charge on any atom is -0.486 e. The van der Waals surface area contributed by atoms with Gasteiger partial charge in [-0.2, -0.15) is 0 Å². The second kappa shape index (κ2) is 7.37. The fourth-order valence-electron chi connectivity index (χ4n) is 2.33. The van der Waals surface area contributed by atoms with E-state index < -0.39 is 0 Å². The maximum absolute atomic E-state index is 11.2. The third-order valence-electron chi connectivity index (χ3n) is 3.53. The Labute approximate surface area is 139 Å². The summed E-state index contributed by atoms with van der Waals surface area (Å²) in [7, 11) is 1.50. The summed E-state index contributed by atoms with van der Waals surface area (Å²) in [4.78, 5) is 19.7. The molecule has 0 radical (unpaired) electrons. The number of aromatic nitrogens is 2. The highest BCUT2D eigenvalue weighted by molar-refractivity contribution is 5.79. The quantitative estimate of drug-likeness (QED) is 0.650. The van der Waals surface area contributed by atoms with Crippen molar-refractivity contribution in [1.29, 1.82) is 0 Å². The summed E-state index contributed by atoms with van der Waals surface area (Å²) in [5, 5.41) is 0. The van der Waals surface area contributed by atoms with Crippen molar-refractivity contribution in [2.45, 2.75) is 6.61 Å². The lowest BCUT2D eigenvalue weighted by Crippen LogP contribution is -2.02. The molecule has 0 aliphatic rings. The average molecular weight is 320 g/mol. The molecule has 2 heterocycles. The largest absolute Gasteiger partial charge is 0.486 e. The number of methoxy groups -OCH3 is 1. The molecule has 2 aromatic heterocycles. The normalized spacial score (nSPS) is 10.2. The van der Waals surface area contributed by atoms with E-state index >= 15 is 0 Å². The fourth-order valence-corrected chi connectivity index (χ4v) is 2.33. The van der Waals surface area contributed by atoms with E-state index in [1.165, 1.54) is 13.3 Å². The second-order valence-corrected chi connectivity index (χ2v) is 5.05.